The van der Waals surface area contributed by atoms with Crippen LogP contribution in [-0.2, 0) is 4.74 Å². The lowest BCUT2D eigenvalue weighted by Gasteiger charge is -2.14. The molecule has 0 saturated carbocycles. The molecule has 0 spiro atoms. The van der Waals surface area contributed by atoms with Gasteiger partial charge in [0.25, 0.3) is 0 Å². The van der Waals surface area contributed by atoms with Crippen molar-refractivity contribution in [3.8, 4) is 0 Å². The lowest BCUT2D eigenvalue weighted by Crippen LogP contribution is -2.23. The van der Waals surface area contributed by atoms with Crippen molar-refractivity contribution in [1.29, 1.82) is 0 Å². The molecule has 84 valence electrons. The van der Waals surface area contributed by atoms with Crippen molar-refractivity contribution >= 4 is 0 Å². The number of nitrogens with one attached hydrogen (secondary N) is 1. The average Bonchev–Trinajstić information content (AvgIpc) is 2.24. The molecule has 0 fully saturated rings. The van der Waals surface area contributed by atoms with Crippen LogP contribution >= 0.6 is 0 Å². The van der Waals surface area contributed by atoms with E-state index in [1.54, 1.807) is 12.1 Å². The molecule has 0 saturated heterocycles. The summed E-state index contributed by atoms with van der Waals surface area (Å²) in [5.74, 6) is -0.189. The normalized spacial score (nSPS) is 12.7. The number of ether oxygens (including phenoxy) is 1. The highest BCUT2D eigenvalue weighted by atomic mass is 19.1. The van der Waals surface area contributed by atoms with E-state index in [2.05, 4.69) is 5.32 Å². The van der Waals surface area contributed by atoms with Gasteiger partial charge in [-0.1, -0.05) is 12.1 Å². The molecule has 0 heterocycles. The van der Waals surface area contributed by atoms with Gasteiger partial charge in [-0.25, -0.2) is 4.39 Å². The number of rotatable bonds is 6. The van der Waals surface area contributed by atoms with E-state index in [1.807, 2.05) is 19.9 Å². The van der Waals surface area contributed by atoms with Crippen LogP contribution in [0.5, 0.6) is 0 Å². The van der Waals surface area contributed by atoms with Crippen molar-refractivity contribution in [3.63, 3.8) is 0 Å². The highest BCUT2D eigenvalue weighted by molar-refractivity contribution is 5.19. The second kappa shape index (κ2) is 6.53. The van der Waals surface area contributed by atoms with Gasteiger partial charge in [-0.05, 0) is 31.5 Å². The highest BCUT2D eigenvalue weighted by Crippen LogP contribution is 2.12. The third-order valence-corrected chi connectivity index (χ3v) is 2.25. The Morgan fingerprint density at radius 2 is 2.27 bits per heavy atom. The first-order valence-corrected chi connectivity index (χ1v) is 5.30. The summed E-state index contributed by atoms with van der Waals surface area (Å²) >= 11 is 0. The van der Waals surface area contributed by atoms with Crippen molar-refractivity contribution in [2.75, 3.05) is 19.8 Å². The zero-order valence-electron chi connectivity index (χ0n) is 9.29. The fourth-order valence-corrected chi connectivity index (χ4v) is 1.39. The summed E-state index contributed by atoms with van der Waals surface area (Å²) in [7, 11) is 0. The molecule has 0 radical (unpaired) electrons. The van der Waals surface area contributed by atoms with Crippen LogP contribution in [0.2, 0.25) is 0 Å². The van der Waals surface area contributed by atoms with Gasteiger partial charge in [-0.15, -0.1) is 0 Å². The molecular formula is C12H18FNO. The van der Waals surface area contributed by atoms with Crippen LogP contribution in [0.15, 0.2) is 24.3 Å². The van der Waals surface area contributed by atoms with Crippen LogP contribution in [0, 0.1) is 5.82 Å². The topological polar surface area (TPSA) is 21.3 Å². The number of halogens is 1. The third kappa shape index (κ3) is 4.40. The molecule has 0 amide bonds. The van der Waals surface area contributed by atoms with Crippen molar-refractivity contribution in [2.24, 2.45) is 0 Å². The summed E-state index contributed by atoms with van der Waals surface area (Å²) in [6, 6.07) is 6.81. The van der Waals surface area contributed by atoms with Gasteiger partial charge in [0.2, 0.25) is 0 Å². The monoisotopic (exact) mass is 211 g/mol. The van der Waals surface area contributed by atoms with Crippen LogP contribution in [0.1, 0.15) is 25.5 Å². The zero-order valence-corrected chi connectivity index (χ0v) is 9.29. The molecule has 1 N–H and O–H groups in total. The van der Waals surface area contributed by atoms with E-state index >= 15 is 0 Å². The summed E-state index contributed by atoms with van der Waals surface area (Å²) in [6.07, 6.45) is 0. The van der Waals surface area contributed by atoms with Crippen LogP contribution in [0.4, 0.5) is 4.39 Å². The van der Waals surface area contributed by atoms with Gasteiger partial charge in [0.15, 0.2) is 0 Å². The molecule has 0 aliphatic carbocycles. The SMILES string of the molecule is CCOCCNC(C)c1cccc(F)c1. The van der Waals surface area contributed by atoms with Gasteiger partial charge >= 0.3 is 0 Å². The predicted octanol–water partition coefficient (Wildman–Crippen LogP) is 2.51. The van der Waals surface area contributed by atoms with Crippen LogP contribution in [-0.4, -0.2) is 19.8 Å². The third-order valence-electron chi connectivity index (χ3n) is 2.25. The molecule has 1 unspecified atom stereocenters. The fraction of sp³-hybridized carbons (Fsp3) is 0.500. The van der Waals surface area contributed by atoms with Crippen molar-refractivity contribution in [2.45, 2.75) is 19.9 Å². The molecule has 1 aromatic carbocycles. The van der Waals surface area contributed by atoms with E-state index in [0.29, 0.717) is 6.61 Å². The standard InChI is InChI=1S/C12H18FNO/c1-3-15-8-7-14-10(2)11-5-4-6-12(13)9-11/h4-6,9-10,14H,3,7-8H2,1-2H3. The Morgan fingerprint density at radius 3 is 2.93 bits per heavy atom. The molecule has 1 aromatic rings. The Balaban J connectivity index is 2.36. The van der Waals surface area contributed by atoms with E-state index < -0.39 is 0 Å². The number of hydrogen-bond acceptors (Lipinski definition) is 2. The minimum absolute atomic E-state index is 0.154. The van der Waals surface area contributed by atoms with E-state index in [4.69, 9.17) is 4.74 Å². The summed E-state index contributed by atoms with van der Waals surface area (Å²) in [5, 5.41) is 3.27. The van der Waals surface area contributed by atoms with E-state index in [1.165, 1.54) is 6.07 Å². The quantitative estimate of drug-likeness (QED) is 0.730. The first-order chi connectivity index (χ1) is 7.24. The first kappa shape index (κ1) is 12.1. The molecule has 0 aliphatic rings. The van der Waals surface area contributed by atoms with E-state index in [-0.39, 0.29) is 11.9 Å². The van der Waals surface area contributed by atoms with Gasteiger partial charge in [0.1, 0.15) is 5.82 Å². The zero-order chi connectivity index (χ0) is 11.1. The van der Waals surface area contributed by atoms with Crippen molar-refractivity contribution < 1.29 is 9.13 Å². The molecule has 0 aromatic heterocycles. The molecule has 3 heteroatoms. The Labute approximate surface area is 90.4 Å². The maximum atomic E-state index is 12.9. The van der Waals surface area contributed by atoms with Crippen LogP contribution in [0.25, 0.3) is 0 Å². The molecule has 2 nitrogen and oxygen atoms in total. The summed E-state index contributed by atoms with van der Waals surface area (Å²) in [4.78, 5) is 0. The Kier molecular flexibility index (Phi) is 5.29. The summed E-state index contributed by atoms with van der Waals surface area (Å²) in [6.45, 7) is 6.19. The smallest absolute Gasteiger partial charge is 0.123 e. The molecule has 1 rings (SSSR count). The Bertz CT molecular complexity index is 291. The van der Waals surface area contributed by atoms with Gasteiger partial charge in [0.05, 0.1) is 6.61 Å². The second-order valence-electron chi connectivity index (χ2n) is 3.43. The van der Waals surface area contributed by atoms with E-state index in [9.17, 15) is 4.39 Å². The predicted molar refractivity (Wildman–Crippen MR) is 59.3 cm³/mol. The molecule has 15 heavy (non-hydrogen) atoms. The number of hydrogen-bond donors (Lipinski definition) is 1. The fourth-order valence-electron chi connectivity index (χ4n) is 1.39. The Hall–Kier alpha value is -0.930. The maximum Gasteiger partial charge on any atom is 0.123 e. The van der Waals surface area contributed by atoms with Gasteiger partial charge in [-0.3, -0.25) is 0 Å². The highest BCUT2D eigenvalue weighted by Gasteiger charge is 2.04. The van der Waals surface area contributed by atoms with Crippen molar-refractivity contribution in [1.82, 2.24) is 5.32 Å². The van der Waals surface area contributed by atoms with Gasteiger partial charge in [0, 0.05) is 19.2 Å². The largest absolute Gasteiger partial charge is 0.380 e. The van der Waals surface area contributed by atoms with Crippen molar-refractivity contribution in [3.05, 3.63) is 35.6 Å². The molecular weight excluding hydrogens is 193 g/mol. The molecule has 1 atom stereocenters. The average molecular weight is 211 g/mol. The Morgan fingerprint density at radius 1 is 1.47 bits per heavy atom. The number of benzene rings is 1. The second-order valence-corrected chi connectivity index (χ2v) is 3.43. The maximum absolute atomic E-state index is 12.9. The molecule has 0 aliphatic heterocycles. The van der Waals surface area contributed by atoms with Crippen LogP contribution < -0.4 is 5.32 Å². The lowest BCUT2D eigenvalue weighted by molar-refractivity contribution is 0.147. The summed E-state index contributed by atoms with van der Waals surface area (Å²) in [5.41, 5.74) is 0.964. The minimum Gasteiger partial charge on any atom is -0.380 e. The minimum atomic E-state index is -0.189. The van der Waals surface area contributed by atoms with Gasteiger partial charge < -0.3 is 10.1 Å². The van der Waals surface area contributed by atoms with Gasteiger partial charge in [-0.2, -0.15) is 0 Å². The molecule has 0 bridgehead atoms. The lowest BCUT2D eigenvalue weighted by atomic mass is 10.1. The van der Waals surface area contributed by atoms with E-state index in [0.717, 1.165) is 18.7 Å². The first-order valence-electron chi connectivity index (χ1n) is 5.30. The van der Waals surface area contributed by atoms with Crippen LogP contribution in [0.3, 0.4) is 0 Å². The summed E-state index contributed by atoms with van der Waals surface area (Å²) < 4.78 is 18.1.